The highest BCUT2D eigenvalue weighted by atomic mass is 32.3. The molecule has 146 valence electrons. The summed E-state index contributed by atoms with van der Waals surface area (Å²) in [5.41, 5.74) is 0. The topological polar surface area (TPSA) is 90.0 Å². The first-order valence-corrected chi connectivity index (χ1v) is 11.4. The van der Waals surface area contributed by atoms with Crippen LogP contribution in [0.1, 0.15) is 32.1 Å². The Hall–Kier alpha value is -2.10. The van der Waals surface area contributed by atoms with Crippen LogP contribution in [0.4, 0.5) is 0 Å². The number of hydrogen-bond acceptors (Lipinski definition) is 6. The Balaban J connectivity index is 1.95. The van der Waals surface area contributed by atoms with Crippen molar-refractivity contribution in [2.24, 2.45) is 0 Å². The van der Waals surface area contributed by atoms with Crippen molar-refractivity contribution in [2.45, 2.75) is 38.1 Å². The summed E-state index contributed by atoms with van der Waals surface area (Å²) in [6.45, 7) is 0. The summed E-state index contributed by atoms with van der Waals surface area (Å²) < 4.78 is 62.1. The molecule has 0 unspecified atom stereocenters. The molecule has 3 rings (SSSR count). The fourth-order valence-corrected chi connectivity index (χ4v) is 6.12. The molecular formula is C18H21NO6S2. The van der Waals surface area contributed by atoms with Crippen molar-refractivity contribution >= 4 is 20.6 Å². The third-order valence-corrected chi connectivity index (χ3v) is 7.58. The Labute approximate surface area is 160 Å². The van der Waals surface area contributed by atoms with Crippen molar-refractivity contribution < 1.29 is 25.2 Å². The Kier molecular flexibility index (Phi) is 6.03. The molecule has 9 heteroatoms. The number of nitrogens with zero attached hydrogens (tertiary/aromatic N) is 1. The molecule has 0 heterocycles. The van der Waals surface area contributed by atoms with Crippen LogP contribution in [0.5, 0.6) is 11.5 Å². The predicted molar refractivity (Wildman–Crippen MR) is 101 cm³/mol. The Morgan fingerprint density at radius 1 is 0.667 bits per heavy atom. The zero-order valence-corrected chi connectivity index (χ0v) is 16.2. The molecule has 0 aromatic heterocycles. The standard InChI is InChI=1S/C18H21NO6S2/c20-26(21,24-17-12-6-2-7-13-17)19(16-10-4-1-5-11-16)27(22,23)25-18-14-8-3-9-15-18/h2-3,6-9,12-16H,1,4-5,10-11H2. The van der Waals surface area contributed by atoms with E-state index in [0.29, 0.717) is 16.6 Å². The largest absolute Gasteiger partial charge is 0.401 e. The van der Waals surface area contributed by atoms with Crippen molar-refractivity contribution in [3.05, 3.63) is 60.7 Å². The van der Waals surface area contributed by atoms with E-state index in [1.807, 2.05) is 0 Å². The van der Waals surface area contributed by atoms with Gasteiger partial charge in [-0.1, -0.05) is 55.7 Å². The average Bonchev–Trinajstić information content (AvgIpc) is 2.63. The molecule has 1 saturated carbocycles. The van der Waals surface area contributed by atoms with Gasteiger partial charge >= 0.3 is 20.6 Å². The van der Waals surface area contributed by atoms with E-state index in [9.17, 15) is 16.8 Å². The van der Waals surface area contributed by atoms with E-state index in [0.717, 1.165) is 19.3 Å². The maximum Gasteiger partial charge on any atom is 0.401 e. The van der Waals surface area contributed by atoms with Gasteiger partial charge in [-0.2, -0.15) is 16.8 Å². The summed E-state index contributed by atoms with van der Waals surface area (Å²) in [5.74, 6) is 0.0708. The first-order valence-electron chi connectivity index (χ1n) is 8.67. The fraction of sp³-hybridized carbons (Fsp3) is 0.333. The van der Waals surface area contributed by atoms with Gasteiger partial charge in [-0.25, -0.2) is 0 Å². The van der Waals surface area contributed by atoms with Crippen molar-refractivity contribution in [2.75, 3.05) is 0 Å². The van der Waals surface area contributed by atoms with Gasteiger partial charge in [0.05, 0.1) is 0 Å². The summed E-state index contributed by atoms with van der Waals surface area (Å²) in [5, 5.41) is 0. The molecule has 1 aliphatic rings. The molecule has 0 bridgehead atoms. The minimum Gasteiger partial charge on any atom is -0.370 e. The summed E-state index contributed by atoms with van der Waals surface area (Å²) in [7, 11) is -9.26. The molecule has 2 aromatic carbocycles. The maximum atomic E-state index is 12.9. The van der Waals surface area contributed by atoms with E-state index in [1.54, 1.807) is 36.4 Å². The first-order chi connectivity index (χ1) is 12.9. The number of hydrogen-bond donors (Lipinski definition) is 0. The summed E-state index contributed by atoms with van der Waals surface area (Å²) in [4.78, 5) is 0. The lowest BCUT2D eigenvalue weighted by Gasteiger charge is -2.30. The second-order valence-corrected chi connectivity index (χ2v) is 9.29. The lowest BCUT2D eigenvalue weighted by Crippen LogP contribution is -2.48. The van der Waals surface area contributed by atoms with E-state index in [-0.39, 0.29) is 11.5 Å². The van der Waals surface area contributed by atoms with Gasteiger partial charge in [-0.15, -0.1) is 0 Å². The zero-order valence-electron chi connectivity index (χ0n) is 14.6. The molecule has 0 N–H and O–H groups in total. The van der Waals surface area contributed by atoms with Gasteiger partial charge < -0.3 is 8.37 Å². The van der Waals surface area contributed by atoms with Gasteiger partial charge in [0, 0.05) is 6.04 Å². The summed E-state index contributed by atoms with van der Waals surface area (Å²) in [6.07, 6.45) is 3.26. The third-order valence-electron chi connectivity index (χ3n) is 4.20. The van der Waals surface area contributed by atoms with Crippen LogP contribution in [-0.2, 0) is 20.6 Å². The van der Waals surface area contributed by atoms with E-state index in [4.69, 9.17) is 8.37 Å². The zero-order chi connectivity index (χ0) is 19.3. The van der Waals surface area contributed by atoms with Gasteiger partial charge in [0.15, 0.2) is 0 Å². The van der Waals surface area contributed by atoms with E-state index in [1.165, 1.54) is 24.3 Å². The normalized spacial score (nSPS) is 16.2. The van der Waals surface area contributed by atoms with Crippen LogP contribution in [0.15, 0.2) is 60.7 Å². The molecule has 0 saturated heterocycles. The summed E-state index contributed by atoms with van der Waals surface area (Å²) in [6, 6.07) is 14.9. The molecule has 0 amide bonds. The average molecular weight is 412 g/mol. The number of para-hydroxylation sites is 2. The van der Waals surface area contributed by atoms with E-state index >= 15 is 0 Å². The lowest BCUT2D eigenvalue weighted by atomic mass is 9.96. The van der Waals surface area contributed by atoms with Gasteiger partial charge in [-0.05, 0) is 40.8 Å². The Bertz CT molecular complexity index is 868. The fourth-order valence-electron chi connectivity index (χ4n) is 3.04. The van der Waals surface area contributed by atoms with Crippen LogP contribution >= 0.6 is 0 Å². The van der Waals surface area contributed by atoms with Crippen LogP contribution in [0.2, 0.25) is 0 Å². The monoisotopic (exact) mass is 411 g/mol. The molecule has 1 fully saturated rings. The van der Waals surface area contributed by atoms with Gasteiger partial charge in [0.1, 0.15) is 11.5 Å². The van der Waals surface area contributed by atoms with Crippen LogP contribution in [0.25, 0.3) is 0 Å². The molecule has 0 spiro atoms. The van der Waals surface area contributed by atoms with Crippen LogP contribution in [0.3, 0.4) is 0 Å². The second-order valence-electron chi connectivity index (χ2n) is 6.23. The smallest absolute Gasteiger partial charge is 0.370 e. The van der Waals surface area contributed by atoms with Gasteiger partial charge in [0.2, 0.25) is 0 Å². The maximum absolute atomic E-state index is 12.9. The minimum absolute atomic E-state index is 0.0354. The van der Waals surface area contributed by atoms with Crippen LogP contribution in [0, 0.1) is 0 Å². The quantitative estimate of drug-likeness (QED) is 0.695. The Morgan fingerprint density at radius 2 is 1.07 bits per heavy atom. The van der Waals surface area contributed by atoms with Gasteiger partial charge in [-0.3, -0.25) is 0 Å². The highest BCUT2D eigenvalue weighted by Crippen LogP contribution is 2.30. The minimum atomic E-state index is -4.63. The number of rotatable bonds is 7. The molecule has 0 aliphatic heterocycles. The molecule has 2 aromatic rings. The molecule has 0 atom stereocenters. The predicted octanol–water partition coefficient (Wildman–Crippen LogP) is 3.27. The molecular weight excluding hydrogens is 390 g/mol. The SMILES string of the molecule is O=S(=O)(Oc1ccccc1)N(C1CCCCC1)S(=O)(=O)Oc1ccccc1. The highest BCUT2D eigenvalue weighted by molar-refractivity contribution is 8.00. The first kappa shape index (κ1) is 19.7. The lowest BCUT2D eigenvalue weighted by molar-refractivity contribution is 0.291. The number of benzene rings is 2. The van der Waals surface area contributed by atoms with Gasteiger partial charge in [0.25, 0.3) is 0 Å². The Morgan fingerprint density at radius 3 is 1.48 bits per heavy atom. The van der Waals surface area contributed by atoms with Crippen molar-refractivity contribution in [1.82, 2.24) is 3.71 Å². The molecule has 0 radical (unpaired) electrons. The van der Waals surface area contributed by atoms with E-state index < -0.39 is 26.7 Å². The summed E-state index contributed by atoms with van der Waals surface area (Å²) >= 11 is 0. The molecule has 1 aliphatic carbocycles. The second kappa shape index (κ2) is 8.28. The highest BCUT2D eigenvalue weighted by Gasteiger charge is 2.44. The van der Waals surface area contributed by atoms with E-state index in [2.05, 4.69) is 0 Å². The van der Waals surface area contributed by atoms with Crippen molar-refractivity contribution in [1.29, 1.82) is 0 Å². The third kappa shape index (κ3) is 5.00. The van der Waals surface area contributed by atoms with Crippen LogP contribution in [-0.4, -0.2) is 26.6 Å². The van der Waals surface area contributed by atoms with Crippen molar-refractivity contribution in [3.63, 3.8) is 0 Å². The molecule has 27 heavy (non-hydrogen) atoms. The molecule has 7 nitrogen and oxygen atoms in total. The van der Waals surface area contributed by atoms with Crippen LogP contribution < -0.4 is 8.37 Å². The van der Waals surface area contributed by atoms with Crippen molar-refractivity contribution in [3.8, 4) is 11.5 Å².